The fourth-order valence-corrected chi connectivity index (χ4v) is 1.70. The summed E-state index contributed by atoms with van der Waals surface area (Å²) in [4.78, 5) is 6.43. The normalized spacial score (nSPS) is 10.5. The fraction of sp³-hybridized carbons (Fsp3) is 0.308. The lowest BCUT2D eigenvalue weighted by Crippen LogP contribution is -2.17. The summed E-state index contributed by atoms with van der Waals surface area (Å²) in [6.07, 6.45) is 3.52. The smallest absolute Gasteiger partial charge is 0.128 e. The van der Waals surface area contributed by atoms with Gasteiger partial charge in [0.25, 0.3) is 0 Å². The molecule has 0 aliphatic carbocycles. The minimum Gasteiger partial charge on any atom is -0.467 e. The van der Waals surface area contributed by atoms with Gasteiger partial charge in [-0.3, -0.25) is 0 Å². The largest absolute Gasteiger partial charge is 0.467 e. The van der Waals surface area contributed by atoms with Crippen LogP contribution < -0.4 is 10.2 Å². The molecule has 0 aliphatic rings. The van der Waals surface area contributed by atoms with Crippen molar-refractivity contribution < 1.29 is 4.42 Å². The molecule has 17 heavy (non-hydrogen) atoms. The van der Waals surface area contributed by atoms with E-state index < -0.39 is 0 Å². The molecule has 0 fully saturated rings. The van der Waals surface area contributed by atoms with Gasteiger partial charge in [0, 0.05) is 19.8 Å². The van der Waals surface area contributed by atoms with Crippen molar-refractivity contribution in [3.05, 3.63) is 48.0 Å². The predicted molar refractivity (Wildman–Crippen MR) is 67.8 cm³/mol. The number of nitrogens with zero attached hydrogens (tertiary/aromatic N) is 2. The summed E-state index contributed by atoms with van der Waals surface area (Å²) in [7, 11) is 3.95. The van der Waals surface area contributed by atoms with Gasteiger partial charge in [-0.2, -0.15) is 0 Å². The minimum atomic E-state index is 0.725. The van der Waals surface area contributed by atoms with Gasteiger partial charge in [0.2, 0.25) is 0 Å². The lowest BCUT2D eigenvalue weighted by Gasteiger charge is -2.17. The predicted octanol–water partition coefficient (Wildman–Crippen LogP) is 2.03. The van der Waals surface area contributed by atoms with Gasteiger partial charge in [0.15, 0.2) is 0 Å². The van der Waals surface area contributed by atoms with Gasteiger partial charge in [-0.15, -0.1) is 0 Å². The molecule has 0 saturated carbocycles. The van der Waals surface area contributed by atoms with Gasteiger partial charge < -0.3 is 14.6 Å². The van der Waals surface area contributed by atoms with Crippen LogP contribution in [0.5, 0.6) is 0 Å². The van der Waals surface area contributed by atoms with Gasteiger partial charge in [0.1, 0.15) is 11.6 Å². The van der Waals surface area contributed by atoms with Crippen molar-refractivity contribution in [1.82, 2.24) is 10.3 Å². The van der Waals surface area contributed by atoms with Gasteiger partial charge >= 0.3 is 0 Å². The van der Waals surface area contributed by atoms with Crippen LogP contribution in [0.25, 0.3) is 0 Å². The molecule has 4 heteroatoms. The van der Waals surface area contributed by atoms with Crippen LogP contribution in [0.15, 0.2) is 41.1 Å². The van der Waals surface area contributed by atoms with Crippen LogP contribution in [0, 0.1) is 0 Å². The van der Waals surface area contributed by atoms with Crippen molar-refractivity contribution in [1.29, 1.82) is 0 Å². The standard InChI is InChI=1S/C13H17N3O/c1-14-9-11-5-6-15-13(8-11)16(2)10-12-4-3-7-17-12/h3-8,14H,9-10H2,1-2H3. The van der Waals surface area contributed by atoms with Crippen LogP contribution in [0.2, 0.25) is 0 Å². The number of nitrogens with one attached hydrogen (secondary N) is 1. The lowest BCUT2D eigenvalue weighted by molar-refractivity contribution is 0.507. The first-order valence-corrected chi connectivity index (χ1v) is 5.62. The number of furan rings is 1. The summed E-state index contributed by atoms with van der Waals surface area (Å²) in [6, 6.07) is 7.96. The van der Waals surface area contributed by atoms with Crippen molar-refractivity contribution in [3.63, 3.8) is 0 Å². The second-order valence-corrected chi connectivity index (χ2v) is 3.99. The summed E-state index contributed by atoms with van der Waals surface area (Å²) < 4.78 is 5.32. The van der Waals surface area contributed by atoms with E-state index in [0.29, 0.717) is 0 Å². The van der Waals surface area contributed by atoms with Crippen LogP contribution >= 0.6 is 0 Å². The van der Waals surface area contributed by atoms with E-state index >= 15 is 0 Å². The molecule has 0 spiro atoms. The Morgan fingerprint density at radius 2 is 2.29 bits per heavy atom. The molecular formula is C13H17N3O. The van der Waals surface area contributed by atoms with Crippen molar-refractivity contribution in [2.75, 3.05) is 19.0 Å². The molecule has 4 nitrogen and oxygen atoms in total. The van der Waals surface area contributed by atoms with Crippen LogP contribution in [0.1, 0.15) is 11.3 Å². The molecule has 0 atom stereocenters. The Hall–Kier alpha value is -1.81. The van der Waals surface area contributed by atoms with E-state index in [4.69, 9.17) is 4.42 Å². The number of hydrogen-bond acceptors (Lipinski definition) is 4. The highest BCUT2D eigenvalue weighted by Gasteiger charge is 2.05. The van der Waals surface area contributed by atoms with Crippen molar-refractivity contribution in [2.45, 2.75) is 13.1 Å². The average molecular weight is 231 g/mol. The summed E-state index contributed by atoms with van der Waals surface area (Å²) in [5, 5.41) is 3.13. The lowest BCUT2D eigenvalue weighted by atomic mass is 10.2. The molecule has 0 amide bonds. The maximum absolute atomic E-state index is 5.32. The van der Waals surface area contributed by atoms with E-state index in [1.165, 1.54) is 5.56 Å². The molecule has 0 saturated heterocycles. The number of pyridine rings is 1. The van der Waals surface area contributed by atoms with Gasteiger partial charge in [-0.1, -0.05) is 0 Å². The Kier molecular flexibility index (Phi) is 3.77. The Labute approximate surface area is 101 Å². The number of aromatic nitrogens is 1. The topological polar surface area (TPSA) is 41.3 Å². The van der Waals surface area contributed by atoms with Gasteiger partial charge in [-0.25, -0.2) is 4.98 Å². The average Bonchev–Trinajstić information content (AvgIpc) is 2.83. The Morgan fingerprint density at radius 1 is 1.41 bits per heavy atom. The van der Waals surface area contributed by atoms with E-state index in [-0.39, 0.29) is 0 Å². The van der Waals surface area contributed by atoms with Gasteiger partial charge in [0.05, 0.1) is 12.8 Å². The second-order valence-electron chi connectivity index (χ2n) is 3.99. The Bertz CT molecular complexity index is 453. The molecule has 1 N–H and O–H groups in total. The molecule has 2 rings (SSSR count). The highest BCUT2D eigenvalue weighted by molar-refractivity contribution is 5.40. The minimum absolute atomic E-state index is 0.725. The van der Waals surface area contributed by atoms with E-state index in [9.17, 15) is 0 Å². The van der Waals surface area contributed by atoms with Gasteiger partial charge in [-0.05, 0) is 36.9 Å². The molecule has 2 heterocycles. The van der Waals surface area contributed by atoms with Crippen molar-refractivity contribution in [3.8, 4) is 0 Å². The summed E-state index contributed by atoms with van der Waals surface area (Å²) in [5.41, 5.74) is 1.23. The zero-order valence-electron chi connectivity index (χ0n) is 10.2. The van der Waals surface area contributed by atoms with Crippen LogP contribution in [0.3, 0.4) is 0 Å². The molecule has 90 valence electrons. The fourth-order valence-electron chi connectivity index (χ4n) is 1.70. The number of hydrogen-bond donors (Lipinski definition) is 1. The van der Waals surface area contributed by atoms with Crippen molar-refractivity contribution >= 4 is 5.82 Å². The summed E-state index contributed by atoms with van der Waals surface area (Å²) in [5.74, 6) is 1.89. The first-order chi connectivity index (χ1) is 8.29. The zero-order chi connectivity index (χ0) is 12.1. The summed E-state index contributed by atoms with van der Waals surface area (Å²) >= 11 is 0. The highest BCUT2D eigenvalue weighted by atomic mass is 16.3. The third-order valence-electron chi connectivity index (χ3n) is 2.56. The zero-order valence-corrected chi connectivity index (χ0v) is 10.2. The maximum Gasteiger partial charge on any atom is 0.128 e. The monoisotopic (exact) mass is 231 g/mol. The van der Waals surface area contributed by atoms with E-state index in [0.717, 1.165) is 24.7 Å². The molecule has 0 unspecified atom stereocenters. The van der Waals surface area contributed by atoms with Crippen LogP contribution in [-0.4, -0.2) is 19.1 Å². The van der Waals surface area contributed by atoms with E-state index in [1.54, 1.807) is 6.26 Å². The molecule has 0 radical (unpaired) electrons. The highest BCUT2D eigenvalue weighted by Crippen LogP contribution is 2.14. The van der Waals surface area contributed by atoms with Crippen LogP contribution in [-0.2, 0) is 13.1 Å². The first kappa shape index (κ1) is 11.7. The summed E-state index contributed by atoms with van der Waals surface area (Å²) in [6.45, 7) is 1.58. The van der Waals surface area contributed by atoms with E-state index in [2.05, 4.69) is 21.3 Å². The molecule has 2 aromatic heterocycles. The quantitative estimate of drug-likeness (QED) is 0.855. The second kappa shape index (κ2) is 5.50. The molecular weight excluding hydrogens is 214 g/mol. The first-order valence-electron chi connectivity index (χ1n) is 5.62. The van der Waals surface area contributed by atoms with Crippen LogP contribution in [0.4, 0.5) is 5.82 Å². The Morgan fingerprint density at radius 3 is 3.00 bits per heavy atom. The number of rotatable bonds is 5. The third-order valence-corrected chi connectivity index (χ3v) is 2.56. The molecule has 0 aliphatic heterocycles. The number of anilines is 1. The molecule has 2 aromatic rings. The van der Waals surface area contributed by atoms with Crippen molar-refractivity contribution in [2.24, 2.45) is 0 Å². The molecule has 0 aromatic carbocycles. The Balaban J connectivity index is 2.07. The SMILES string of the molecule is CNCc1ccnc(N(C)Cc2ccco2)c1. The maximum atomic E-state index is 5.32. The van der Waals surface area contributed by atoms with E-state index in [1.807, 2.05) is 38.5 Å². The molecule has 0 bridgehead atoms. The third kappa shape index (κ3) is 3.07.